The second-order valence-corrected chi connectivity index (χ2v) is 6.79. The van der Waals surface area contributed by atoms with Crippen LogP contribution in [-0.2, 0) is 9.53 Å². The highest BCUT2D eigenvalue weighted by Crippen LogP contribution is 2.34. The first-order valence-corrected chi connectivity index (χ1v) is 8.62. The molecule has 2 amide bonds. The predicted octanol–water partition coefficient (Wildman–Crippen LogP) is 1.14. The number of carbonyl (C=O) groups is 2. The van der Waals surface area contributed by atoms with Crippen molar-refractivity contribution >= 4 is 17.7 Å². The normalized spacial score (nSPS) is 29.4. The Morgan fingerprint density at radius 1 is 1.24 bits per heavy atom. The molecule has 4 unspecified atom stereocenters. The quantitative estimate of drug-likeness (QED) is 0.758. The Labute approximate surface area is 146 Å². The summed E-state index contributed by atoms with van der Waals surface area (Å²) in [6.45, 7) is 2.12. The molecule has 0 bridgehead atoms. The fourth-order valence-electron chi connectivity index (χ4n) is 3.46. The smallest absolute Gasteiger partial charge is 0.414 e. The van der Waals surface area contributed by atoms with E-state index in [4.69, 9.17) is 4.74 Å². The molecule has 4 atom stereocenters. The number of hydrogen-bond donors (Lipinski definition) is 3. The molecule has 1 heterocycles. The maximum atomic E-state index is 12.0. The van der Waals surface area contributed by atoms with E-state index in [0.29, 0.717) is 25.9 Å². The van der Waals surface area contributed by atoms with Crippen LogP contribution in [0.4, 0.5) is 10.5 Å². The van der Waals surface area contributed by atoms with Gasteiger partial charge in [-0.1, -0.05) is 12.1 Å². The summed E-state index contributed by atoms with van der Waals surface area (Å²) < 4.78 is 5.26. The van der Waals surface area contributed by atoms with Crippen LogP contribution < -0.4 is 10.2 Å². The molecule has 1 aromatic carbocycles. The van der Waals surface area contributed by atoms with Crippen molar-refractivity contribution in [1.82, 2.24) is 5.32 Å². The monoisotopic (exact) mass is 348 g/mol. The topological polar surface area (TPSA) is 99.1 Å². The first-order valence-electron chi connectivity index (χ1n) is 8.62. The molecule has 0 radical (unpaired) electrons. The van der Waals surface area contributed by atoms with E-state index >= 15 is 0 Å². The Morgan fingerprint density at radius 2 is 1.96 bits per heavy atom. The minimum atomic E-state index is -0.679. The zero-order valence-electron chi connectivity index (χ0n) is 14.2. The third kappa shape index (κ3) is 4.11. The summed E-state index contributed by atoms with van der Waals surface area (Å²) in [5, 5.41) is 22.1. The first-order chi connectivity index (χ1) is 11.9. The number of nitrogens with one attached hydrogen (secondary N) is 1. The largest absolute Gasteiger partial charge is 0.442 e. The van der Waals surface area contributed by atoms with Gasteiger partial charge in [-0.3, -0.25) is 9.69 Å². The van der Waals surface area contributed by atoms with Gasteiger partial charge in [-0.05, 0) is 42.9 Å². The molecule has 3 N–H and O–H groups in total. The number of amides is 2. The molecule has 2 fully saturated rings. The van der Waals surface area contributed by atoms with Crippen LogP contribution in [0.15, 0.2) is 24.3 Å². The maximum absolute atomic E-state index is 12.0. The predicted molar refractivity (Wildman–Crippen MR) is 91.3 cm³/mol. The Kier molecular flexibility index (Phi) is 5.24. The lowest BCUT2D eigenvalue weighted by Crippen LogP contribution is -2.33. The minimum absolute atomic E-state index is 0.154. The molecule has 0 aromatic heterocycles. The molecular formula is C18H24N2O5. The number of nitrogens with zero attached hydrogens (tertiary/aromatic N) is 1. The summed E-state index contributed by atoms with van der Waals surface area (Å²) in [6, 6.07) is 7.65. The van der Waals surface area contributed by atoms with Gasteiger partial charge in [0.05, 0.1) is 25.3 Å². The average Bonchev–Trinajstić information content (AvgIpc) is 2.96. The number of rotatable bonds is 4. The fourth-order valence-corrected chi connectivity index (χ4v) is 3.46. The molecule has 1 aliphatic carbocycles. The molecule has 7 heteroatoms. The molecule has 3 rings (SSSR count). The third-order valence-electron chi connectivity index (χ3n) is 4.91. The van der Waals surface area contributed by atoms with Crippen molar-refractivity contribution in [3.63, 3.8) is 0 Å². The molecule has 1 saturated carbocycles. The molecule has 2 aliphatic rings. The highest BCUT2D eigenvalue weighted by molar-refractivity contribution is 5.89. The number of hydrogen-bond acceptors (Lipinski definition) is 5. The van der Waals surface area contributed by atoms with E-state index in [1.807, 2.05) is 24.3 Å². The summed E-state index contributed by atoms with van der Waals surface area (Å²) in [5.74, 6) is 0.0594. The lowest BCUT2D eigenvalue weighted by atomic mass is 9.81. The van der Waals surface area contributed by atoms with E-state index in [-0.39, 0.29) is 17.9 Å². The molecule has 136 valence electrons. The molecule has 0 spiro atoms. The number of benzene rings is 1. The zero-order chi connectivity index (χ0) is 18.0. The molecule has 25 heavy (non-hydrogen) atoms. The van der Waals surface area contributed by atoms with Crippen molar-refractivity contribution in [1.29, 1.82) is 0 Å². The lowest BCUT2D eigenvalue weighted by Gasteiger charge is -2.30. The van der Waals surface area contributed by atoms with Gasteiger partial charge in [0.15, 0.2) is 0 Å². The molecule has 1 aromatic rings. The van der Waals surface area contributed by atoms with Gasteiger partial charge in [0.25, 0.3) is 0 Å². The van der Waals surface area contributed by atoms with Crippen LogP contribution in [0.5, 0.6) is 0 Å². The summed E-state index contributed by atoms with van der Waals surface area (Å²) in [6.07, 6.45) is -0.105. The third-order valence-corrected chi connectivity index (χ3v) is 4.91. The molecular weight excluding hydrogens is 324 g/mol. The maximum Gasteiger partial charge on any atom is 0.414 e. The van der Waals surface area contributed by atoms with Crippen LogP contribution in [0.2, 0.25) is 0 Å². The SMILES string of the molecule is CC(=O)NCC1CN(c2ccc(C3CCC(O)C(O)C3)cc2)C(=O)O1. The summed E-state index contributed by atoms with van der Waals surface area (Å²) in [4.78, 5) is 24.5. The van der Waals surface area contributed by atoms with Gasteiger partial charge in [0.1, 0.15) is 6.10 Å². The highest BCUT2D eigenvalue weighted by Gasteiger charge is 2.33. The molecule has 1 saturated heterocycles. The van der Waals surface area contributed by atoms with Gasteiger partial charge in [-0.25, -0.2) is 4.79 Å². The minimum Gasteiger partial charge on any atom is -0.442 e. The van der Waals surface area contributed by atoms with Crippen molar-refractivity contribution in [2.75, 3.05) is 18.0 Å². The molecule has 7 nitrogen and oxygen atoms in total. The Balaban J connectivity index is 1.62. The summed E-state index contributed by atoms with van der Waals surface area (Å²) in [7, 11) is 0. The van der Waals surface area contributed by atoms with Gasteiger partial charge >= 0.3 is 6.09 Å². The van der Waals surface area contributed by atoms with Gasteiger partial charge in [-0.15, -0.1) is 0 Å². The van der Waals surface area contributed by atoms with Crippen molar-refractivity contribution in [2.45, 2.75) is 50.4 Å². The number of cyclic esters (lactones) is 1. The van der Waals surface area contributed by atoms with E-state index < -0.39 is 18.3 Å². The van der Waals surface area contributed by atoms with Gasteiger partial charge in [0, 0.05) is 12.6 Å². The van der Waals surface area contributed by atoms with Crippen molar-refractivity contribution < 1.29 is 24.5 Å². The number of aliphatic hydroxyl groups is 2. The second kappa shape index (κ2) is 7.41. The highest BCUT2D eigenvalue weighted by atomic mass is 16.6. The van der Waals surface area contributed by atoms with Crippen LogP contribution in [0.25, 0.3) is 0 Å². The molecule has 1 aliphatic heterocycles. The summed E-state index contributed by atoms with van der Waals surface area (Å²) >= 11 is 0. The van der Waals surface area contributed by atoms with Crippen LogP contribution in [0, 0.1) is 0 Å². The number of aliphatic hydroxyl groups excluding tert-OH is 2. The van der Waals surface area contributed by atoms with E-state index in [1.54, 1.807) is 4.90 Å². The number of carbonyl (C=O) groups excluding carboxylic acids is 2. The van der Waals surface area contributed by atoms with Crippen LogP contribution in [-0.4, -0.2) is 53.6 Å². The average molecular weight is 348 g/mol. The van der Waals surface area contributed by atoms with Crippen molar-refractivity contribution in [3.8, 4) is 0 Å². The zero-order valence-corrected chi connectivity index (χ0v) is 14.2. The van der Waals surface area contributed by atoms with Crippen molar-refractivity contribution in [3.05, 3.63) is 29.8 Å². The fraction of sp³-hybridized carbons (Fsp3) is 0.556. The lowest BCUT2D eigenvalue weighted by molar-refractivity contribution is -0.119. The van der Waals surface area contributed by atoms with Gasteiger partial charge < -0.3 is 20.3 Å². The first kappa shape index (κ1) is 17.7. The van der Waals surface area contributed by atoms with E-state index in [0.717, 1.165) is 17.7 Å². The second-order valence-electron chi connectivity index (χ2n) is 6.79. The Hall–Kier alpha value is -2.12. The van der Waals surface area contributed by atoms with Crippen LogP contribution in [0.3, 0.4) is 0 Å². The van der Waals surface area contributed by atoms with Gasteiger partial charge in [-0.2, -0.15) is 0 Å². The number of anilines is 1. The van der Waals surface area contributed by atoms with Gasteiger partial charge in [0.2, 0.25) is 5.91 Å². The van der Waals surface area contributed by atoms with E-state index in [2.05, 4.69) is 5.32 Å². The van der Waals surface area contributed by atoms with Crippen molar-refractivity contribution in [2.24, 2.45) is 0 Å². The standard InChI is InChI=1S/C18H24N2O5/c1-11(21)19-9-15-10-20(18(24)25-15)14-5-2-12(3-6-14)13-4-7-16(22)17(23)8-13/h2-3,5-6,13,15-17,22-23H,4,7-10H2,1H3,(H,19,21). The van der Waals surface area contributed by atoms with E-state index in [1.165, 1.54) is 6.92 Å². The Morgan fingerprint density at radius 3 is 2.60 bits per heavy atom. The summed E-state index contributed by atoms with van der Waals surface area (Å²) in [5.41, 5.74) is 1.84. The Bertz CT molecular complexity index is 633. The van der Waals surface area contributed by atoms with Crippen LogP contribution in [0.1, 0.15) is 37.7 Å². The van der Waals surface area contributed by atoms with E-state index in [9.17, 15) is 19.8 Å². The van der Waals surface area contributed by atoms with Crippen LogP contribution >= 0.6 is 0 Å². The number of ether oxygens (including phenoxy) is 1.